The molecule has 2 aliphatic rings. The highest BCUT2D eigenvalue weighted by Gasteiger charge is 2.43. The average Bonchev–Trinajstić information content (AvgIpc) is 2.75. The van der Waals surface area contributed by atoms with Crippen LogP contribution in [0.2, 0.25) is 0 Å². The molecular weight excluding hydrogens is 232 g/mol. The van der Waals surface area contributed by atoms with Gasteiger partial charge in [0, 0.05) is 24.5 Å². The van der Waals surface area contributed by atoms with Gasteiger partial charge in [0.1, 0.15) is 0 Å². The van der Waals surface area contributed by atoms with Crippen molar-refractivity contribution in [3.63, 3.8) is 0 Å². The van der Waals surface area contributed by atoms with Crippen molar-refractivity contribution in [2.45, 2.75) is 6.04 Å². The van der Waals surface area contributed by atoms with E-state index in [1.165, 1.54) is 12.4 Å². The van der Waals surface area contributed by atoms with Gasteiger partial charge >= 0.3 is 5.97 Å². The molecule has 90 valence electrons. The molecule has 1 saturated heterocycles. The molecule has 3 rings (SSSR count). The minimum atomic E-state index is -0.886. The van der Waals surface area contributed by atoms with Crippen molar-refractivity contribution in [2.24, 2.45) is 0 Å². The lowest BCUT2D eigenvalue weighted by Crippen LogP contribution is -2.40. The molecule has 0 saturated carbocycles. The second kappa shape index (κ2) is 4.10. The Morgan fingerprint density at radius 3 is 2.94 bits per heavy atom. The Balaban J connectivity index is 1.93. The first-order valence-corrected chi connectivity index (χ1v) is 5.57. The van der Waals surface area contributed by atoms with Gasteiger partial charge in [0.2, 0.25) is 5.88 Å². The molecule has 0 radical (unpaired) electrons. The number of ether oxygens (including phenoxy) is 1. The van der Waals surface area contributed by atoms with Gasteiger partial charge in [-0.3, -0.25) is 9.78 Å². The number of hydrogen-bond donors (Lipinski definition) is 0. The lowest BCUT2D eigenvalue weighted by Gasteiger charge is -2.21. The van der Waals surface area contributed by atoms with E-state index in [9.17, 15) is 9.59 Å². The average molecular weight is 242 g/mol. The van der Waals surface area contributed by atoms with Crippen LogP contribution >= 0.6 is 0 Å². The zero-order valence-corrected chi connectivity index (χ0v) is 9.45. The molecule has 0 bridgehead atoms. The molecule has 0 spiro atoms. The van der Waals surface area contributed by atoms with Crippen molar-refractivity contribution in [3.8, 4) is 0 Å². The molecule has 0 N–H and O–H groups in total. The topological polar surface area (TPSA) is 59.5 Å². The van der Waals surface area contributed by atoms with Gasteiger partial charge in [-0.2, -0.15) is 0 Å². The number of carbonyl (C=O) groups is 2. The molecule has 1 aromatic rings. The standard InChI is InChI=1S/C13H10N2O3/c16-12(9-4-6-14-7-5-9)11-13(17)18-10-3-1-2-8-15(10)11/h1-7,11H,8H2. The molecule has 0 aliphatic carbocycles. The molecule has 0 amide bonds. The molecule has 1 aromatic heterocycles. The maximum atomic E-state index is 12.3. The van der Waals surface area contributed by atoms with E-state index in [-0.39, 0.29) is 5.78 Å². The summed E-state index contributed by atoms with van der Waals surface area (Å²) in [6.07, 6.45) is 8.42. The molecule has 1 unspecified atom stereocenters. The van der Waals surface area contributed by atoms with Crippen LogP contribution < -0.4 is 0 Å². The number of hydrogen-bond acceptors (Lipinski definition) is 5. The van der Waals surface area contributed by atoms with Crippen LogP contribution in [-0.4, -0.2) is 34.2 Å². The number of ketones is 1. The number of Topliss-reactive ketones (excluding diaryl/α,β-unsaturated/α-hetero) is 1. The summed E-state index contributed by atoms with van der Waals surface area (Å²) in [4.78, 5) is 29.6. The highest BCUT2D eigenvalue weighted by molar-refractivity contribution is 6.13. The first-order chi connectivity index (χ1) is 8.77. The number of nitrogens with zero attached hydrogens (tertiary/aromatic N) is 2. The molecule has 3 heterocycles. The van der Waals surface area contributed by atoms with Crippen molar-refractivity contribution >= 4 is 11.8 Å². The van der Waals surface area contributed by atoms with E-state index >= 15 is 0 Å². The molecule has 1 atom stereocenters. The van der Waals surface area contributed by atoms with Crippen molar-refractivity contribution in [3.05, 3.63) is 54.2 Å². The van der Waals surface area contributed by atoms with Gasteiger partial charge in [-0.25, -0.2) is 4.79 Å². The van der Waals surface area contributed by atoms with Gasteiger partial charge in [0.05, 0.1) is 0 Å². The van der Waals surface area contributed by atoms with E-state index in [4.69, 9.17) is 4.74 Å². The van der Waals surface area contributed by atoms with Gasteiger partial charge in [-0.15, -0.1) is 0 Å². The van der Waals surface area contributed by atoms with E-state index in [1.807, 2.05) is 6.08 Å². The fourth-order valence-corrected chi connectivity index (χ4v) is 2.04. The minimum absolute atomic E-state index is 0.263. The van der Waals surface area contributed by atoms with Gasteiger partial charge in [-0.05, 0) is 18.2 Å². The number of rotatable bonds is 2. The molecule has 2 aliphatic heterocycles. The summed E-state index contributed by atoms with van der Waals surface area (Å²) in [5, 5.41) is 0. The normalized spacial score (nSPS) is 21.3. The van der Waals surface area contributed by atoms with Crippen LogP contribution in [0.5, 0.6) is 0 Å². The lowest BCUT2D eigenvalue weighted by atomic mass is 10.0. The van der Waals surface area contributed by atoms with E-state index in [2.05, 4.69) is 4.98 Å². The Kier molecular flexibility index (Phi) is 2.44. The lowest BCUT2D eigenvalue weighted by molar-refractivity contribution is -0.135. The first kappa shape index (κ1) is 10.7. The zero-order valence-electron chi connectivity index (χ0n) is 9.45. The predicted molar refractivity (Wildman–Crippen MR) is 62.4 cm³/mol. The number of allylic oxidation sites excluding steroid dienone is 2. The third kappa shape index (κ3) is 1.60. The Morgan fingerprint density at radius 1 is 1.39 bits per heavy atom. The summed E-state index contributed by atoms with van der Waals surface area (Å²) in [6.45, 7) is 0.499. The van der Waals surface area contributed by atoms with Crippen LogP contribution in [0, 0.1) is 0 Å². The van der Waals surface area contributed by atoms with E-state index in [0.717, 1.165) is 0 Å². The Labute approximate surface area is 103 Å². The summed E-state index contributed by atoms with van der Waals surface area (Å²) in [5.74, 6) is -0.345. The maximum absolute atomic E-state index is 12.3. The third-order valence-corrected chi connectivity index (χ3v) is 2.91. The summed E-state index contributed by atoms with van der Waals surface area (Å²) in [5.41, 5.74) is 0.461. The smallest absolute Gasteiger partial charge is 0.343 e. The van der Waals surface area contributed by atoms with Gasteiger partial charge < -0.3 is 9.64 Å². The van der Waals surface area contributed by atoms with Crippen LogP contribution in [0.25, 0.3) is 0 Å². The van der Waals surface area contributed by atoms with Crippen molar-refractivity contribution in [2.75, 3.05) is 6.54 Å². The van der Waals surface area contributed by atoms with E-state index < -0.39 is 12.0 Å². The maximum Gasteiger partial charge on any atom is 0.343 e. The molecule has 18 heavy (non-hydrogen) atoms. The van der Waals surface area contributed by atoms with Crippen LogP contribution in [0.4, 0.5) is 0 Å². The Bertz CT molecular complexity index is 563. The van der Waals surface area contributed by atoms with Crippen LogP contribution in [0.15, 0.2) is 48.6 Å². The van der Waals surface area contributed by atoms with Crippen molar-refractivity contribution in [1.29, 1.82) is 0 Å². The highest BCUT2D eigenvalue weighted by atomic mass is 16.6. The second-order valence-electron chi connectivity index (χ2n) is 4.01. The number of carbonyl (C=O) groups excluding carboxylic acids is 2. The highest BCUT2D eigenvalue weighted by Crippen LogP contribution is 2.26. The van der Waals surface area contributed by atoms with Crippen LogP contribution in [0.3, 0.4) is 0 Å². The van der Waals surface area contributed by atoms with Crippen LogP contribution in [0.1, 0.15) is 10.4 Å². The van der Waals surface area contributed by atoms with Gasteiger partial charge in [0.25, 0.3) is 0 Å². The monoisotopic (exact) mass is 242 g/mol. The third-order valence-electron chi connectivity index (χ3n) is 2.91. The number of aromatic nitrogens is 1. The van der Waals surface area contributed by atoms with E-state index in [0.29, 0.717) is 18.0 Å². The number of fused-ring (bicyclic) bond motifs is 1. The number of pyridine rings is 1. The SMILES string of the molecule is O=C1OC2=CC=CCN2C1C(=O)c1ccncc1. The van der Waals surface area contributed by atoms with E-state index in [1.54, 1.807) is 29.2 Å². The molecular formula is C13H10N2O3. The van der Waals surface area contributed by atoms with Crippen molar-refractivity contribution in [1.82, 2.24) is 9.88 Å². The fourth-order valence-electron chi connectivity index (χ4n) is 2.04. The second-order valence-corrected chi connectivity index (χ2v) is 4.01. The van der Waals surface area contributed by atoms with Gasteiger partial charge in [-0.1, -0.05) is 12.2 Å². The molecule has 0 aromatic carbocycles. The fraction of sp³-hybridized carbons (Fsp3) is 0.154. The summed E-state index contributed by atoms with van der Waals surface area (Å²) in [7, 11) is 0. The zero-order chi connectivity index (χ0) is 12.5. The summed E-state index contributed by atoms with van der Waals surface area (Å²) >= 11 is 0. The molecule has 1 fully saturated rings. The minimum Gasteiger partial charge on any atom is -0.408 e. The largest absolute Gasteiger partial charge is 0.408 e. The van der Waals surface area contributed by atoms with Crippen molar-refractivity contribution < 1.29 is 14.3 Å². The summed E-state index contributed by atoms with van der Waals surface area (Å²) < 4.78 is 5.08. The number of esters is 1. The molecule has 5 nitrogen and oxygen atoms in total. The molecule has 5 heteroatoms. The van der Waals surface area contributed by atoms with Crippen LogP contribution in [-0.2, 0) is 9.53 Å². The van der Waals surface area contributed by atoms with Gasteiger partial charge in [0.15, 0.2) is 11.8 Å². The Morgan fingerprint density at radius 2 is 2.17 bits per heavy atom. The first-order valence-electron chi connectivity index (χ1n) is 5.57. The quantitative estimate of drug-likeness (QED) is 0.438. The summed E-state index contributed by atoms with van der Waals surface area (Å²) in [6, 6.07) is 2.30. The Hall–Kier alpha value is -2.43. The predicted octanol–water partition coefficient (Wildman–Crippen LogP) is 0.903.